The highest BCUT2D eigenvalue weighted by molar-refractivity contribution is 7.71. The Morgan fingerprint density at radius 2 is 1.83 bits per heavy atom. The summed E-state index contributed by atoms with van der Waals surface area (Å²) in [6.45, 7) is 3.70. The van der Waals surface area contributed by atoms with E-state index in [1.54, 1.807) is 6.07 Å². The van der Waals surface area contributed by atoms with Crippen LogP contribution in [0, 0.1) is 18.5 Å². The molecule has 0 radical (unpaired) electrons. The van der Waals surface area contributed by atoms with Crippen molar-refractivity contribution in [2.45, 2.75) is 20.0 Å². The molecule has 0 saturated heterocycles. The Bertz CT molecular complexity index is 638. The number of hydrogen-bond acceptors (Lipinski definition) is 1. The molecular formula is C12H11F3N2S. The van der Waals surface area contributed by atoms with Crippen molar-refractivity contribution in [2.24, 2.45) is 0 Å². The third-order valence-electron chi connectivity index (χ3n) is 2.63. The molecule has 1 heterocycles. The number of H-pyrrole nitrogens is 1. The van der Waals surface area contributed by atoms with Crippen LogP contribution in [-0.4, -0.2) is 9.78 Å². The summed E-state index contributed by atoms with van der Waals surface area (Å²) in [7, 11) is 0. The van der Waals surface area contributed by atoms with Crippen molar-refractivity contribution in [3.05, 3.63) is 45.7 Å². The van der Waals surface area contributed by atoms with E-state index in [2.05, 4.69) is 5.10 Å². The molecular weight excluding hydrogens is 261 g/mol. The van der Waals surface area contributed by atoms with Crippen LogP contribution in [0.25, 0.3) is 5.69 Å². The smallest absolute Gasteiger partial charge is 0.288 e. The average Bonchev–Trinajstić information content (AvgIpc) is 2.64. The second kappa shape index (κ2) is 4.28. The van der Waals surface area contributed by atoms with Gasteiger partial charge in [-0.25, -0.2) is 4.68 Å². The molecule has 1 aromatic heterocycles. The van der Waals surface area contributed by atoms with Gasteiger partial charge in [-0.3, -0.25) is 5.10 Å². The number of aromatic amines is 1. The van der Waals surface area contributed by atoms with E-state index in [1.807, 2.05) is 26.0 Å². The van der Waals surface area contributed by atoms with Crippen molar-refractivity contribution in [1.29, 1.82) is 0 Å². The van der Waals surface area contributed by atoms with E-state index in [9.17, 15) is 13.2 Å². The quantitative estimate of drug-likeness (QED) is 0.773. The Morgan fingerprint density at radius 3 is 2.39 bits per heavy atom. The number of nitrogens with zero attached hydrogens (tertiary/aromatic N) is 1. The van der Waals surface area contributed by atoms with E-state index in [1.165, 1.54) is 4.68 Å². The summed E-state index contributed by atoms with van der Waals surface area (Å²) >= 11 is 4.96. The lowest BCUT2D eigenvalue weighted by molar-refractivity contribution is -0.141. The zero-order chi connectivity index (χ0) is 13.5. The lowest BCUT2D eigenvalue weighted by Crippen LogP contribution is -2.07. The van der Waals surface area contributed by atoms with Gasteiger partial charge in [-0.1, -0.05) is 24.4 Å². The number of aryl methyl sites for hydroxylation is 2. The standard InChI is InChI=1S/C12H11F3N2S/c1-7-3-4-8(2)9(5-7)17-11(18)6-10(16-17)12(13,14)15/h3-6,16H,1-2H3. The molecule has 0 atom stereocenters. The van der Waals surface area contributed by atoms with Gasteiger partial charge in [0.1, 0.15) is 10.3 Å². The first-order chi connectivity index (χ1) is 8.29. The molecule has 0 bridgehead atoms. The highest BCUT2D eigenvalue weighted by Crippen LogP contribution is 2.29. The second-order valence-corrected chi connectivity index (χ2v) is 4.55. The highest BCUT2D eigenvalue weighted by atomic mass is 32.1. The summed E-state index contributed by atoms with van der Waals surface area (Å²) in [5.74, 6) is 0. The fourth-order valence-electron chi connectivity index (χ4n) is 1.68. The Kier molecular flexibility index (Phi) is 3.06. The van der Waals surface area contributed by atoms with Crippen molar-refractivity contribution >= 4 is 12.2 Å². The topological polar surface area (TPSA) is 20.7 Å². The molecule has 0 aliphatic rings. The third-order valence-corrected chi connectivity index (χ3v) is 2.93. The summed E-state index contributed by atoms with van der Waals surface area (Å²) in [4.78, 5) is 0. The zero-order valence-corrected chi connectivity index (χ0v) is 10.6. The number of rotatable bonds is 1. The van der Waals surface area contributed by atoms with Crippen LogP contribution >= 0.6 is 12.2 Å². The number of halogens is 3. The van der Waals surface area contributed by atoms with Gasteiger partial charge >= 0.3 is 6.18 Å². The molecule has 0 saturated carbocycles. The molecule has 1 N–H and O–H groups in total. The first-order valence-corrected chi connectivity index (χ1v) is 5.67. The van der Waals surface area contributed by atoms with Crippen molar-refractivity contribution < 1.29 is 13.2 Å². The van der Waals surface area contributed by atoms with Crippen molar-refractivity contribution in [1.82, 2.24) is 9.78 Å². The Hall–Kier alpha value is -1.56. The molecule has 1 aromatic carbocycles. The molecule has 0 fully saturated rings. The lowest BCUT2D eigenvalue weighted by atomic mass is 10.1. The normalized spacial score (nSPS) is 11.8. The fourth-order valence-corrected chi connectivity index (χ4v) is 1.94. The molecule has 0 amide bonds. The first kappa shape index (κ1) is 12.9. The van der Waals surface area contributed by atoms with Crippen LogP contribution in [0.3, 0.4) is 0 Å². The predicted octanol–water partition coefficient (Wildman–Crippen LogP) is 4.17. The summed E-state index contributed by atoms with van der Waals surface area (Å²) in [6, 6.07) is 6.47. The fraction of sp³-hybridized carbons (Fsp3) is 0.250. The van der Waals surface area contributed by atoms with E-state index in [-0.39, 0.29) is 4.64 Å². The van der Waals surface area contributed by atoms with E-state index in [4.69, 9.17) is 12.2 Å². The van der Waals surface area contributed by atoms with Gasteiger partial charge in [0.25, 0.3) is 0 Å². The van der Waals surface area contributed by atoms with Gasteiger partial charge in [-0.15, -0.1) is 0 Å². The number of benzene rings is 1. The van der Waals surface area contributed by atoms with Crippen molar-refractivity contribution in [3.63, 3.8) is 0 Å². The Labute approximate surface area is 107 Å². The second-order valence-electron chi connectivity index (χ2n) is 4.13. The number of nitrogens with one attached hydrogen (secondary N) is 1. The maximum Gasteiger partial charge on any atom is 0.432 e. The van der Waals surface area contributed by atoms with Crippen LogP contribution in [-0.2, 0) is 6.18 Å². The SMILES string of the molecule is Cc1ccc(C)c(-n2[nH]c(C(F)(F)F)cc2=S)c1. The first-order valence-electron chi connectivity index (χ1n) is 5.26. The summed E-state index contributed by atoms with van der Waals surface area (Å²) < 4.78 is 39.1. The van der Waals surface area contributed by atoms with Crippen molar-refractivity contribution in [2.75, 3.05) is 0 Å². The van der Waals surface area contributed by atoms with E-state index >= 15 is 0 Å². The van der Waals surface area contributed by atoms with E-state index < -0.39 is 11.9 Å². The molecule has 2 aromatic rings. The molecule has 2 nitrogen and oxygen atoms in total. The summed E-state index contributed by atoms with van der Waals surface area (Å²) in [5.41, 5.74) is 1.61. The van der Waals surface area contributed by atoms with Crippen LogP contribution in [0.4, 0.5) is 13.2 Å². The molecule has 0 spiro atoms. The van der Waals surface area contributed by atoms with Gasteiger partial charge < -0.3 is 0 Å². The van der Waals surface area contributed by atoms with Gasteiger partial charge in [-0.2, -0.15) is 13.2 Å². The maximum atomic E-state index is 12.6. The molecule has 18 heavy (non-hydrogen) atoms. The molecule has 6 heteroatoms. The van der Waals surface area contributed by atoms with Gasteiger partial charge in [0.05, 0.1) is 5.69 Å². The minimum atomic E-state index is -4.42. The van der Waals surface area contributed by atoms with Gasteiger partial charge in [0, 0.05) is 6.07 Å². The number of aromatic nitrogens is 2. The number of alkyl halides is 3. The third kappa shape index (κ3) is 2.33. The molecule has 0 aliphatic carbocycles. The minimum absolute atomic E-state index is 0.107. The predicted molar refractivity (Wildman–Crippen MR) is 65.4 cm³/mol. The maximum absolute atomic E-state index is 12.6. The highest BCUT2D eigenvalue weighted by Gasteiger charge is 2.33. The number of hydrogen-bond donors (Lipinski definition) is 1. The average molecular weight is 272 g/mol. The largest absolute Gasteiger partial charge is 0.432 e. The zero-order valence-electron chi connectivity index (χ0n) is 9.80. The molecule has 0 aliphatic heterocycles. The Balaban J connectivity index is 2.62. The Morgan fingerprint density at radius 1 is 1.17 bits per heavy atom. The molecule has 96 valence electrons. The van der Waals surface area contributed by atoms with Crippen LogP contribution in [0.2, 0.25) is 0 Å². The minimum Gasteiger partial charge on any atom is -0.288 e. The van der Waals surface area contributed by atoms with E-state index in [0.29, 0.717) is 5.69 Å². The molecule has 2 rings (SSSR count). The van der Waals surface area contributed by atoms with Gasteiger partial charge in [0.15, 0.2) is 0 Å². The van der Waals surface area contributed by atoms with Gasteiger partial charge in [0.2, 0.25) is 0 Å². The summed E-state index contributed by atoms with van der Waals surface area (Å²) in [6.07, 6.45) is -4.42. The van der Waals surface area contributed by atoms with Crippen LogP contribution < -0.4 is 0 Å². The van der Waals surface area contributed by atoms with Crippen LogP contribution in [0.15, 0.2) is 24.3 Å². The van der Waals surface area contributed by atoms with Crippen LogP contribution in [0.5, 0.6) is 0 Å². The van der Waals surface area contributed by atoms with E-state index in [0.717, 1.165) is 17.2 Å². The van der Waals surface area contributed by atoms with Crippen LogP contribution in [0.1, 0.15) is 16.8 Å². The lowest BCUT2D eigenvalue weighted by Gasteiger charge is -2.09. The molecule has 0 unspecified atom stereocenters. The monoisotopic (exact) mass is 272 g/mol. The van der Waals surface area contributed by atoms with Crippen molar-refractivity contribution in [3.8, 4) is 5.69 Å². The van der Waals surface area contributed by atoms with Gasteiger partial charge in [-0.05, 0) is 31.0 Å². The summed E-state index contributed by atoms with van der Waals surface area (Å²) in [5, 5.41) is 2.29.